The fourth-order valence-electron chi connectivity index (χ4n) is 1.28. The third-order valence-electron chi connectivity index (χ3n) is 1.98. The Bertz CT molecular complexity index is 287. The fourth-order valence-corrected chi connectivity index (χ4v) is 1.63. The van der Waals surface area contributed by atoms with Gasteiger partial charge in [-0.25, -0.2) is 0 Å². The van der Waals surface area contributed by atoms with E-state index in [0.717, 1.165) is 16.9 Å². The van der Waals surface area contributed by atoms with E-state index in [2.05, 4.69) is 0 Å². The minimum absolute atomic E-state index is 0.00195. The third kappa shape index (κ3) is 2.14. The number of aryl methyl sites for hydroxylation is 1. The molecule has 0 amide bonds. The molecule has 0 bridgehead atoms. The van der Waals surface area contributed by atoms with Crippen molar-refractivity contribution in [2.75, 3.05) is 7.11 Å². The van der Waals surface area contributed by atoms with Crippen molar-refractivity contribution in [3.05, 3.63) is 28.3 Å². The van der Waals surface area contributed by atoms with Crippen LogP contribution in [0.15, 0.2) is 12.1 Å². The van der Waals surface area contributed by atoms with Crippen molar-refractivity contribution in [1.82, 2.24) is 0 Å². The standard InChI is InChI=1S/C10H14ClNO/c1-6-4-8(7(2)12)5-9(11)10(6)13-3/h4-5,7H,12H2,1-3H3. The van der Waals surface area contributed by atoms with Crippen LogP contribution in [0.2, 0.25) is 5.02 Å². The van der Waals surface area contributed by atoms with Gasteiger partial charge in [0.2, 0.25) is 0 Å². The first-order chi connectivity index (χ1) is 6.06. The Morgan fingerprint density at radius 1 is 1.46 bits per heavy atom. The second kappa shape index (κ2) is 3.99. The second-order valence-electron chi connectivity index (χ2n) is 3.14. The average Bonchev–Trinajstić information content (AvgIpc) is 2.03. The van der Waals surface area contributed by atoms with Gasteiger partial charge in [-0.2, -0.15) is 0 Å². The summed E-state index contributed by atoms with van der Waals surface area (Å²) < 4.78 is 5.14. The van der Waals surface area contributed by atoms with Crippen LogP contribution < -0.4 is 10.5 Å². The highest BCUT2D eigenvalue weighted by atomic mass is 35.5. The molecular formula is C10H14ClNO. The summed E-state index contributed by atoms with van der Waals surface area (Å²) in [5.74, 6) is 0.728. The summed E-state index contributed by atoms with van der Waals surface area (Å²) in [6.45, 7) is 3.88. The first-order valence-electron chi connectivity index (χ1n) is 4.16. The Labute approximate surface area is 83.6 Å². The Morgan fingerprint density at radius 2 is 2.08 bits per heavy atom. The lowest BCUT2D eigenvalue weighted by Gasteiger charge is -2.11. The minimum atomic E-state index is 0.00195. The smallest absolute Gasteiger partial charge is 0.140 e. The van der Waals surface area contributed by atoms with Crippen LogP contribution in [-0.2, 0) is 0 Å². The topological polar surface area (TPSA) is 35.2 Å². The van der Waals surface area contributed by atoms with Gasteiger partial charge < -0.3 is 10.5 Å². The lowest BCUT2D eigenvalue weighted by Crippen LogP contribution is -2.05. The summed E-state index contributed by atoms with van der Waals surface area (Å²) >= 11 is 6.00. The van der Waals surface area contributed by atoms with Gasteiger partial charge in [0, 0.05) is 6.04 Å². The molecule has 0 heterocycles. The number of hydrogen-bond donors (Lipinski definition) is 1. The van der Waals surface area contributed by atoms with E-state index in [1.54, 1.807) is 7.11 Å². The van der Waals surface area contributed by atoms with E-state index >= 15 is 0 Å². The maximum absolute atomic E-state index is 6.00. The van der Waals surface area contributed by atoms with E-state index in [1.807, 2.05) is 26.0 Å². The monoisotopic (exact) mass is 199 g/mol. The lowest BCUT2D eigenvalue weighted by molar-refractivity contribution is 0.411. The van der Waals surface area contributed by atoms with E-state index in [1.165, 1.54) is 0 Å². The zero-order valence-electron chi connectivity index (χ0n) is 8.10. The summed E-state index contributed by atoms with van der Waals surface area (Å²) in [6.07, 6.45) is 0. The zero-order valence-corrected chi connectivity index (χ0v) is 8.85. The van der Waals surface area contributed by atoms with E-state index in [-0.39, 0.29) is 6.04 Å². The first kappa shape index (κ1) is 10.4. The number of hydrogen-bond acceptors (Lipinski definition) is 2. The molecule has 1 unspecified atom stereocenters. The van der Waals surface area contributed by atoms with Crippen molar-refractivity contribution < 1.29 is 4.74 Å². The molecule has 1 atom stereocenters. The maximum Gasteiger partial charge on any atom is 0.140 e. The molecule has 1 rings (SSSR count). The van der Waals surface area contributed by atoms with Crippen LogP contribution in [0.4, 0.5) is 0 Å². The summed E-state index contributed by atoms with van der Waals surface area (Å²) in [4.78, 5) is 0. The number of nitrogens with two attached hydrogens (primary N) is 1. The molecule has 0 saturated heterocycles. The number of benzene rings is 1. The van der Waals surface area contributed by atoms with Crippen LogP contribution in [0.1, 0.15) is 24.1 Å². The molecule has 0 aromatic heterocycles. The number of ether oxygens (including phenoxy) is 1. The Kier molecular flexibility index (Phi) is 3.17. The molecule has 2 N–H and O–H groups in total. The van der Waals surface area contributed by atoms with Crippen LogP contribution in [0.25, 0.3) is 0 Å². The largest absolute Gasteiger partial charge is 0.495 e. The lowest BCUT2D eigenvalue weighted by atomic mass is 10.1. The van der Waals surface area contributed by atoms with Crippen LogP contribution >= 0.6 is 11.6 Å². The van der Waals surface area contributed by atoms with E-state index in [9.17, 15) is 0 Å². The first-order valence-corrected chi connectivity index (χ1v) is 4.53. The van der Waals surface area contributed by atoms with Crippen LogP contribution in [0.3, 0.4) is 0 Å². The van der Waals surface area contributed by atoms with Gasteiger partial charge in [-0.05, 0) is 31.0 Å². The van der Waals surface area contributed by atoms with Crippen LogP contribution in [0.5, 0.6) is 5.75 Å². The Hall–Kier alpha value is -0.730. The van der Waals surface area contributed by atoms with Gasteiger partial charge in [0.15, 0.2) is 0 Å². The van der Waals surface area contributed by atoms with Gasteiger partial charge in [-0.3, -0.25) is 0 Å². The number of halogens is 1. The molecule has 0 spiro atoms. The van der Waals surface area contributed by atoms with E-state index in [4.69, 9.17) is 22.1 Å². The molecule has 2 nitrogen and oxygen atoms in total. The van der Waals surface area contributed by atoms with Crippen molar-refractivity contribution in [2.24, 2.45) is 5.73 Å². The quantitative estimate of drug-likeness (QED) is 0.795. The summed E-state index contributed by atoms with van der Waals surface area (Å²) in [7, 11) is 1.61. The van der Waals surface area contributed by atoms with Crippen molar-refractivity contribution in [2.45, 2.75) is 19.9 Å². The summed E-state index contributed by atoms with van der Waals surface area (Å²) in [6, 6.07) is 3.84. The Morgan fingerprint density at radius 3 is 2.46 bits per heavy atom. The number of rotatable bonds is 2. The molecule has 0 aliphatic heterocycles. The SMILES string of the molecule is COc1c(C)cc(C(C)N)cc1Cl. The second-order valence-corrected chi connectivity index (χ2v) is 3.55. The fraction of sp³-hybridized carbons (Fsp3) is 0.400. The highest BCUT2D eigenvalue weighted by Gasteiger charge is 2.08. The van der Waals surface area contributed by atoms with Crippen molar-refractivity contribution in [1.29, 1.82) is 0 Å². The predicted molar refractivity (Wildman–Crippen MR) is 55.3 cm³/mol. The molecular weight excluding hydrogens is 186 g/mol. The third-order valence-corrected chi connectivity index (χ3v) is 2.26. The Balaban J connectivity index is 3.20. The molecule has 13 heavy (non-hydrogen) atoms. The molecule has 0 aliphatic rings. The maximum atomic E-state index is 6.00. The van der Waals surface area contributed by atoms with Crippen LogP contribution in [-0.4, -0.2) is 7.11 Å². The molecule has 0 aliphatic carbocycles. The molecule has 1 aromatic carbocycles. The average molecular weight is 200 g/mol. The van der Waals surface area contributed by atoms with Crippen molar-refractivity contribution in [3.63, 3.8) is 0 Å². The van der Waals surface area contributed by atoms with Gasteiger partial charge in [0.25, 0.3) is 0 Å². The molecule has 3 heteroatoms. The van der Waals surface area contributed by atoms with E-state index < -0.39 is 0 Å². The zero-order chi connectivity index (χ0) is 10.0. The molecule has 0 radical (unpaired) electrons. The molecule has 0 fully saturated rings. The molecule has 72 valence electrons. The minimum Gasteiger partial charge on any atom is -0.495 e. The van der Waals surface area contributed by atoms with Gasteiger partial charge in [-0.1, -0.05) is 17.7 Å². The van der Waals surface area contributed by atoms with Crippen molar-refractivity contribution in [3.8, 4) is 5.75 Å². The predicted octanol–water partition coefficient (Wildman–Crippen LogP) is 2.68. The molecule has 1 aromatic rings. The summed E-state index contributed by atoms with van der Waals surface area (Å²) in [5.41, 5.74) is 7.79. The van der Waals surface area contributed by atoms with Gasteiger partial charge >= 0.3 is 0 Å². The van der Waals surface area contributed by atoms with E-state index in [0.29, 0.717) is 5.02 Å². The number of methoxy groups -OCH3 is 1. The van der Waals surface area contributed by atoms with Gasteiger partial charge in [0.1, 0.15) is 5.75 Å². The van der Waals surface area contributed by atoms with Gasteiger partial charge in [-0.15, -0.1) is 0 Å². The van der Waals surface area contributed by atoms with Gasteiger partial charge in [0.05, 0.1) is 12.1 Å². The van der Waals surface area contributed by atoms with Crippen molar-refractivity contribution >= 4 is 11.6 Å². The highest BCUT2D eigenvalue weighted by molar-refractivity contribution is 6.32. The normalized spacial score (nSPS) is 12.7. The highest BCUT2D eigenvalue weighted by Crippen LogP contribution is 2.30. The molecule has 0 saturated carbocycles. The summed E-state index contributed by atoms with van der Waals surface area (Å²) in [5, 5.41) is 0.620. The van der Waals surface area contributed by atoms with Crippen LogP contribution in [0, 0.1) is 6.92 Å².